The van der Waals surface area contributed by atoms with Crippen molar-refractivity contribution in [1.82, 2.24) is 4.98 Å². The van der Waals surface area contributed by atoms with Gasteiger partial charge < -0.3 is 19.9 Å². The normalized spacial score (nSPS) is 12.7. The number of anilines is 2. The lowest BCUT2D eigenvalue weighted by Crippen LogP contribution is -2.27. The van der Waals surface area contributed by atoms with Crippen molar-refractivity contribution in [3.8, 4) is 11.5 Å². The molecular formula is C20H23N3O5. The molecule has 1 amide bonds. The summed E-state index contributed by atoms with van der Waals surface area (Å²) in [6.07, 6.45) is 0.0853. The van der Waals surface area contributed by atoms with E-state index < -0.39 is 5.97 Å². The van der Waals surface area contributed by atoms with E-state index in [0.717, 1.165) is 5.56 Å². The number of fused-ring (bicyclic) bond motifs is 1. The van der Waals surface area contributed by atoms with Gasteiger partial charge in [-0.15, -0.1) is 0 Å². The van der Waals surface area contributed by atoms with E-state index in [4.69, 9.17) is 19.9 Å². The van der Waals surface area contributed by atoms with Crippen LogP contribution in [0.4, 0.5) is 11.5 Å². The molecule has 0 unspecified atom stereocenters. The predicted octanol–water partition coefficient (Wildman–Crippen LogP) is 2.26. The summed E-state index contributed by atoms with van der Waals surface area (Å²) in [6, 6.07) is 5.42. The molecule has 0 saturated heterocycles. The molecule has 0 spiro atoms. The highest BCUT2D eigenvalue weighted by Crippen LogP contribution is 2.36. The number of methoxy groups -OCH3 is 2. The van der Waals surface area contributed by atoms with Crippen molar-refractivity contribution in [2.45, 2.75) is 26.8 Å². The monoisotopic (exact) mass is 385 g/mol. The first-order valence-electron chi connectivity index (χ1n) is 8.87. The first-order valence-corrected chi connectivity index (χ1v) is 8.87. The zero-order valence-electron chi connectivity index (χ0n) is 16.4. The van der Waals surface area contributed by atoms with Crippen LogP contribution in [0.1, 0.15) is 34.1 Å². The SMILES string of the molecule is CCOC(=O)c1c(C)nc2c(c1N)CC(=O)N2Cc1cc(OC)cc(OC)c1. The van der Waals surface area contributed by atoms with E-state index in [1.807, 2.05) is 12.1 Å². The molecule has 148 valence electrons. The summed E-state index contributed by atoms with van der Waals surface area (Å²) in [5.74, 6) is 1.05. The van der Waals surface area contributed by atoms with Gasteiger partial charge in [0.05, 0.1) is 45.2 Å². The summed E-state index contributed by atoms with van der Waals surface area (Å²) in [4.78, 5) is 30.9. The van der Waals surface area contributed by atoms with Crippen LogP contribution in [0.2, 0.25) is 0 Å². The Morgan fingerprint density at radius 3 is 2.43 bits per heavy atom. The average molecular weight is 385 g/mol. The van der Waals surface area contributed by atoms with Gasteiger partial charge in [-0.3, -0.25) is 9.69 Å². The fourth-order valence-corrected chi connectivity index (χ4v) is 3.27. The van der Waals surface area contributed by atoms with Gasteiger partial charge in [0.1, 0.15) is 22.9 Å². The number of benzene rings is 1. The summed E-state index contributed by atoms with van der Waals surface area (Å²) < 4.78 is 15.6. The molecule has 0 aliphatic carbocycles. The first kappa shape index (κ1) is 19.5. The number of carbonyl (C=O) groups is 2. The number of nitrogens with zero attached hydrogens (tertiary/aromatic N) is 2. The van der Waals surface area contributed by atoms with Crippen molar-refractivity contribution in [3.05, 3.63) is 40.6 Å². The molecule has 1 aromatic heterocycles. The Hall–Kier alpha value is -3.29. The number of carbonyl (C=O) groups excluding carboxylic acids is 2. The molecule has 8 nitrogen and oxygen atoms in total. The molecule has 2 N–H and O–H groups in total. The highest BCUT2D eigenvalue weighted by atomic mass is 16.5. The third kappa shape index (κ3) is 3.45. The Morgan fingerprint density at radius 1 is 1.21 bits per heavy atom. The average Bonchev–Trinajstić information content (AvgIpc) is 2.97. The maximum atomic E-state index is 12.7. The summed E-state index contributed by atoms with van der Waals surface area (Å²) in [7, 11) is 3.13. The van der Waals surface area contributed by atoms with Gasteiger partial charge in [-0.25, -0.2) is 9.78 Å². The zero-order valence-corrected chi connectivity index (χ0v) is 16.4. The molecule has 1 aliphatic rings. The van der Waals surface area contributed by atoms with Crippen molar-refractivity contribution in [1.29, 1.82) is 0 Å². The number of aryl methyl sites for hydroxylation is 1. The van der Waals surface area contributed by atoms with E-state index in [0.29, 0.717) is 28.6 Å². The van der Waals surface area contributed by atoms with Crippen molar-refractivity contribution in [2.75, 3.05) is 31.5 Å². The number of nitrogens with two attached hydrogens (primary N) is 1. The maximum Gasteiger partial charge on any atom is 0.342 e. The Balaban J connectivity index is 2.00. The standard InChI is InChI=1S/C20H23N3O5/c1-5-28-20(25)17-11(2)22-19-15(18(17)21)9-16(24)23(19)10-12-6-13(26-3)8-14(7-12)27-4/h6-8H,5,9-10H2,1-4H3,(H2,21,22). The molecular weight excluding hydrogens is 362 g/mol. The molecule has 1 aromatic carbocycles. The van der Waals surface area contributed by atoms with Gasteiger partial charge in [0.25, 0.3) is 0 Å². The number of hydrogen-bond donors (Lipinski definition) is 1. The Morgan fingerprint density at radius 2 is 1.86 bits per heavy atom. The van der Waals surface area contributed by atoms with Crippen molar-refractivity contribution >= 4 is 23.4 Å². The third-order valence-electron chi connectivity index (χ3n) is 4.62. The number of ether oxygens (including phenoxy) is 3. The number of aromatic nitrogens is 1. The first-order chi connectivity index (χ1) is 13.4. The predicted molar refractivity (Wildman–Crippen MR) is 104 cm³/mol. The van der Waals surface area contributed by atoms with Crippen molar-refractivity contribution in [2.24, 2.45) is 0 Å². The van der Waals surface area contributed by atoms with Crippen molar-refractivity contribution < 1.29 is 23.8 Å². The van der Waals surface area contributed by atoms with Crippen LogP contribution in [0.3, 0.4) is 0 Å². The molecule has 0 fully saturated rings. The van der Waals surface area contributed by atoms with Crippen LogP contribution in [0.5, 0.6) is 11.5 Å². The van der Waals surface area contributed by atoms with E-state index in [1.165, 1.54) is 0 Å². The van der Waals surface area contributed by atoms with Crippen LogP contribution in [0, 0.1) is 6.92 Å². The number of rotatable bonds is 6. The molecule has 28 heavy (non-hydrogen) atoms. The highest BCUT2D eigenvalue weighted by molar-refractivity contribution is 6.05. The lowest BCUT2D eigenvalue weighted by molar-refractivity contribution is -0.117. The number of hydrogen-bond acceptors (Lipinski definition) is 7. The van der Waals surface area contributed by atoms with Crippen LogP contribution in [-0.2, 0) is 22.5 Å². The van der Waals surface area contributed by atoms with Gasteiger partial charge in [-0.2, -0.15) is 0 Å². The Bertz CT molecular complexity index is 920. The van der Waals surface area contributed by atoms with E-state index in [2.05, 4.69) is 4.98 Å². The third-order valence-corrected chi connectivity index (χ3v) is 4.62. The van der Waals surface area contributed by atoms with E-state index in [9.17, 15) is 9.59 Å². The summed E-state index contributed by atoms with van der Waals surface area (Å²) in [5, 5.41) is 0. The van der Waals surface area contributed by atoms with Gasteiger partial charge in [0.2, 0.25) is 5.91 Å². The zero-order chi connectivity index (χ0) is 20.4. The maximum absolute atomic E-state index is 12.7. The molecule has 1 aliphatic heterocycles. The fourth-order valence-electron chi connectivity index (χ4n) is 3.27. The van der Waals surface area contributed by atoms with Gasteiger partial charge in [0.15, 0.2) is 0 Å². The molecule has 0 bridgehead atoms. The van der Waals surface area contributed by atoms with Gasteiger partial charge >= 0.3 is 5.97 Å². The smallest absolute Gasteiger partial charge is 0.342 e. The van der Waals surface area contributed by atoms with E-state index in [1.54, 1.807) is 39.0 Å². The van der Waals surface area contributed by atoms with Crippen LogP contribution in [0.25, 0.3) is 0 Å². The topological polar surface area (TPSA) is 104 Å². The lowest BCUT2D eigenvalue weighted by Gasteiger charge is -2.19. The second-order valence-electron chi connectivity index (χ2n) is 6.39. The molecule has 0 radical (unpaired) electrons. The van der Waals surface area contributed by atoms with E-state index >= 15 is 0 Å². The lowest BCUT2D eigenvalue weighted by atomic mass is 10.1. The largest absolute Gasteiger partial charge is 0.497 e. The minimum atomic E-state index is -0.531. The quantitative estimate of drug-likeness (QED) is 0.761. The summed E-state index contributed by atoms with van der Waals surface area (Å²) in [6.45, 7) is 3.91. The molecule has 3 rings (SSSR count). The minimum absolute atomic E-state index is 0.0853. The van der Waals surface area contributed by atoms with Crippen molar-refractivity contribution in [3.63, 3.8) is 0 Å². The van der Waals surface area contributed by atoms with Crippen LogP contribution in [-0.4, -0.2) is 37.7 Å². The fraction of sp³-hybridized carbons (Fsp3) is 0.350. The highest BCUT2D eigenvalue weighted by Gasteiger charge is 2.34. The number of pyridine rings is 1. The van der Waals surface area contributed by atoms with Crippen LogP contribution in [0.15, 0.2) is 18.2 Å². The Kier molecular flexibility index (Phi) is 5.39. The number of nitrogen functional groups attached to an aromatic ring is 1. The summed E-state index contributed by atoms with van der Waals surface area (Å²) >= 11 is 0. The number of amides is 1. The molecule has 8 heteroatoms. The van der Waals surface area contributed by atoms with Gasteiger partial charge in [-0.05, 0) is 31.5 Å². The van der Waals surface area contributed by atoms with E-state index in [-0.39, 0.29) is 36.7 Å². The van der Waals surface area contributed by atoms with Gasteiger partial charge in [-0.1, -0.05) is 0 Å². The number of esters is 1. The Labute approximate surface area is 163 Å². The second-order valence-corrected chi connectivity index (χ2v) is 6.39. The molecule has 2 heterocycles. The molecule has 0 atom stereocenters. The molecule has 2 aromatic rings. The summed E-state index contributed by atoms with van der Waals surface area (Å²) in [5.41, 5.74) is 8.49. The minimum Gasteiger partial charge on any atom is -0.497 e. The molecule has 0 saturated carbocycles. The van der Waals surface area contributed by atoms with Crippen LogP contribution >= 0.6 is 0 Å². The second kappa shape index (κ2) is 7.75. The van der Waals surface area contributed by atoms with Crippen LogP contribution < -0.4 is 20.1 Å². The van der Waals surface area contributed by atoms with Gasteiger partial charge in [0, 0.05) is 11.6 Å².